The van der Waals surface area contributed by atoms with Gasteiger partial charge in [0, 0.05) is 12.6 Å². The minimum absolute atomic E-state index is 0.302. The van der Waals surface area contributed by atoms with Crippen LogP contribution >= 0.6 is 0 Å². The number of aryl methyl sites for hydroxylation is 1. The van der Waals surface area contributed by atoms with Crippen molar-refractivity contribution >= 4 is 11.7 Å². The number of benzene rings is 1. The van der Waals surface area contributed by atoms with Crippen molar-refractivity contribution in [3.8, 4) is 0 Å². The summed E-state index contributed by atoms with van der Waals surface area (Å²) in [6.45, 7) is 9.06. The fourth-order valence-corrected chi connectivity index (χ4v) is 1.97. The van der Waals surface area contributed by atoms with Crippen LogP contribution in [0.4, 0.5) is 5.69 Å². The van der Waals surface area contributed by atoms with Gasteiger partial charge >= 0.3 is 5.97 Å². The van der Waals surface area contributed by atoms with E-state index in [4.69, 9.17) is 0 Å². The molecule has 0 aliphatic carbocycles. The van der Waals surface area contributed by atoms with Crippen LogP contribution in [-0.4, -0.2) is 23.7 Å². The number of carbonyl (C=O) groups is 1. The Kier molecular flexibility index (Phi) is 4.55. The fourth-order valence-electron chi connectivity index (χ4n) is 1.97. The summed E-state index contributed by atoms with van der Waals surface area (Å²) in [7, 11) is 0. The molecule has 1 aromatic carbocycles. The average molecular weight is 235 g/mol. The minimum Gasteiger partial charge on any atom is -0.478 e. The van der Waals surface area contributed by atoms with E-state index in [0.29, 0.717) is 11.6 Å². The van der Waals surface area contributed by atoms with Crippen LogP contribution in [0, 0.1) is 6.92 Å². The molecule has 3 nitrogen and oxygen atoms in total. The molecule has 0 aliphatic rings. The Morgan fingerprint density at radius 2 is 2.06 bits per heavy atom. The van der Waals surface area contributed by atoms with Crippen molar-refractivity contribution in [1.82, 2.24) is 0 Å². The Hall–Kier alpha value is -1.51. The highest BCUT2D eigenvalue weighted by Gasteiger charge is 2.17. The first-order valence-corrected chi connectivity index (χ1v) is 6.08. The SMILES string of the molecule is CCCN(c1ccc(C)cc1C(=O)O)C(C)C. The molecule has 94 valence electrons. The molecule has 0 bridgehead atoms. The normalized spacial score (nSPS) is 10.6. The molecule has 0 fully saturated rings. The number of aromatic carboxylic acids is 1. The highest BCUT2D eigenvalue weighted by Crippen LogP contribution is 2.24. The summed E-state index contributed by atoms with van der Waals surface area (Å²) in [4.78, 5) is 13.4. The summed E-state index contributed by atoms with van der Waals surface area (Å²) in [5, 5.41) is 9.26. The van der Waals surface area contributed by atoms with E-state index in [2.05, 4.69) is 25.7 Å². The molecule has 0 amide bonds. The van der Waals surface area contributed by atoms with Crippen LogP contribution in [0.5, 0.6) is 0 Å². The van der Waals surface area contributed by atoms with Crippen LogP contribution in [0.1, 0.15) is 43.1 Å². The van der Waals surface area contributed by atoms with Gasteiger partial charge in [-0.1, -0.05) is 18.6 Å². The summed E-state index contributed by atoms with van der Waals surface area (Å²) in [6.07, 6.45) is 1.01. The maximum absolute atomic E-state index is 11.3. The number of nitrogens with zero attached hydrogens (tertiary/aromatic N) is 1. The first kappa shape index (κ1) is 13.6. The Morgan fingerprint density at radius 3 is 2.53 bits per heavy atom. The molecular formula is C14H21NO2. The Labute approximate surface area is 103 Å². The highest BCUT2D eigenvalue weighted by molar-refractivity contribution is 5.94. The predicted octanol–water partition coefficient (Wildman–Crippen LogP) is 3.32. The van der Waals surface area contributed by atoms with E-state index in [9.17, 15) is 9.90 Å². The third kappa shape index (κ3) is 3.22. The van der Waals surface area contributed by atoms with Gasteiger partial charge in [-0.05, 0) is 39.3 Å². The van der Waals surface area contributed by atoms with E-state index >= 15 is 0 Å². The monoisotopic (exact) mass is 235 g/mol. The lowest BCUT2D eigenvalue weighted by Crippen LogP contribution is -2.32. The smallest absolute Gasteiger partial charge is 0.337 e. The molecule has 1 rings (SSSR count). The molecule has 0 saturated heterocycles. The second kappa shape index (κ2) is 5.71. The Balaban J connectivity index is 3.22. The van der Waals surface area contributed by atoms with Crippen molar-refractivity contribution in [3.05, 3.63) is 29.3 Å². The zero-order valence-electron chi connectivity index (χ0n) is 11.0. The molecule has 0 heterocycles. The summed E-state index contributed by atoms with van der Waals surface area (Å²) in [5.41, 5.74) is 2.19. The lowest BCUT2D eigenvalue weighted by molar-refractivity contribution is 0.0697. The van der Waals surface area contributed by atoms with Crippen LogP contribution in [0.3, 0.4) is 0 Å². The molecule has 0 saturated carbocycles. The van der Waals surface area contributed by atoms with Gasteiger partial charge in [-0.3, -0.25) is 0 Å². The second-order valence-corrected chi connectivity index (χ2v) is 4.61. The van der Waals surface area contributed by atoms with Gasteiger partial charge in [0.15, 0.2) is 0 Å². The second-order valence-electron chi connectivity index (χ2n) is 4.61. The molecule has 0 spiro atoms. The topological polar surface area (TPSA) is 40.5 Å². The van der Waals surface area contributed by atoms with Gasteiger partial charge in [0.25, 0.3) is 0 Å². The van der Waals surface area contributed by atoms with Crippen LogP contribution in [0.25, 0.3) is 0 Å². The van der Waals surface area contributed by atoms with Crippen LogP contribution in [0.15, 0.2) is 18.2 Å². The Bertz CT molecular complexity index is 399. The van der Waals surface area contributed by atoms with Crippen molar-refractivity contribution in [2.24, 2.45) is 0 Å². The first-order chi connectivity index (χ1) is 7.97. The molecule has 0 aromatic heterocycles. The van der Waals surface area contributed by atoms with E-state index in [1.807, 2.05) is 19.1 Å². The zero-order chi connectivity index (χ0) is 13.0. The van der Waals surface area contributed by atoms with Crippen LogP contribution in [0.2, 0.25) is 0 Å². The Morgan fingerprint density at radius 1 is 1.41 bits per heavy atom. The molecule has 0 aliphatic heterocycles. The minimum atomic E-state index is -0.856. The number of anilines is 1. The fraction of sp³-hybridized carbons (Fsp3) is 0.500. The van der Waals surface area contributed by atoms with Gasteiger partial charge in [0.05, 0.1) is 11.3 Å². The number of hydrogen-bond acceptors (Lipinski definition) is 2. The number of hydrogen-bond donors (Lipinski definition) is 1. The summed E-state index contributed by atoms with van der Waals surface area (Å²) in [6, 6.07) is 5.92. The van der Waals surface area contributed by atoms with E-state index in [0.717, 1.165) is 24.2 Å². The van der Waals surface area contributed by atoms with E-state index < -0.39 is 5.97 Å². The van der Waals surface area contributed by atoms with Crippen molar-refractivity contribution in [1.29, 1.82) is 0 Å². The van der Waals surface area contributed by atoms with Crippen molar-refractivity contribution in [2.75, 3.05) is 11.4 Å². The molecular weight excluding hydrogens is 214 g/mol. The van der Waals surface area contributed by atoms with E-state index in [-0.39, 0.29) is 0 Å². The average Bonchev–Trinajstić information content (AvgIpc) is 2.26. The van der Waals surface area contributed by atoms with Crippen LogP contribution in [-0.2, 0) is 0 Å². The van der Waals surface area contributed by atoms with Gasteiger partial charge in [-0.15, -0.1) is 0 Å². The summed E-state index contributed by atoms with van der Waals surface area (Å²) in [5.74, 6) is -0.856. The standard InChI is InChI=1S/C14H21NO2/c1-5-8-15(10(2)3)13-7-6-11(4)9-12(13)14(16)17/h6-7,9-10H,5,8H2,1-4H3,(H,16,17). The lowest BCUT2D eigenvalue weighted by atomic mass is 10.1. The van der Waals surface area contributed by atoms with Crippen molar-refractivity contribution < 1.29 is 9.90 Å². The molecule has 0 atom stereocenters. The molecule has 3 heteroatoms. The molecule has 17 heavy (non-hydrogen) atoms. The molecule has 0 radical (unpaired) electrons. The molecule has 1 aromatic rings. The highest BCUT2D eigenvalue weighted by atomic mass is 16.4. The van der Waals surface area contributed by atoms with Gasteiger partial charge in [0.1, 0.15) is 0 Å². The predicted molar refractivity (Wildman–Crippen MR) is 70.9 cm³/mol. The maximum atomic E-state index is 11.3. The quantitative estimate of drug-likeness (QED) is 0.851. The number of carboxylic acid groups (broad SMARTS) is 1. The summed E-state index contributed by atoms with van der Waals surface area (Å²) >= 11 is 0. The van der Waals surface area contributed by atoms with Gasteiger partial charge in [-0.2, -0.15) is 0 Å². The van der Waals surface area contributed by atoms with Crippen molar-refractivity contribution in [3.63, 3.8) is 0 Å². The van der Waals surface area contributed by atoms with Gasteiger partial charge in [-0.25, -0.2) is 4.79 Å². The lowest BCUT2D eigenvalue weighted by Gasteiger charge is -2.30. The van der Waals surface area contributed by atoms with Crippen LogP contribution < -0.4 is 4.90 Å². The first-order valence-electron chi connectivity index (χ1n) is 6.08. The third-order valence-electron chi connectivity index (χ3n) is 2.78. The van der Waals surface area contributed by atoms with Crippen molar-refractivity contribution in [2.45, 2.75) is 40.2 Å². The number of carboxylic acids is 1. The zero-order valence-corrected chi connectivity index (χ0v) is 11.0. The van der Waals surface area contributed by atoms with Gasteiger partial charge in [0.2, 0.25) is 0 Å². The number of rotatable bonds is 5. The third-order valence-corrected chi connectivity index (χ3v) is 2.78. The summed E-state index contributed by atoms with van der Waals surface area (Å²) < 4.78 is 0. The maximum Gasteiger partial charge on any atom is 0.337 e. The van der Waals surface area contributed by atoms with E-state index in [1.54, 1.807) is 6.07 Å². The molecule has 1 N–H and O–H groups in total. The molecule has 0 unspecified atom stereocenters. The largest absolute Gasteiger partial charge is 0.478 e. The van der Waals surface area contributed by atoms with E-state index in [1.165, 1.54) is 0 Å². The van der Waals surface area contributed by atoms with Gasteiger partial charge < -0.3 is 10.0 Å².